The summed E-state index contributed by atoms with van der Waals surface area (Å²) in [5, 5.41) is 19.8. The number of hydrogen-bond acceptors (Lipinski definition) is 6. The van der Waals surface area contributed by atoms with E-state index in [1.807, 2.05) is 0 Å². The van der Waals surface area contributed by atoms with Crippen LogP contribution in [0.2, 0.25) is 0 Å². The van der Waals surface area contributed by atoms with E-state index in [4.69, 9.17) is 5.41 Å². The fourth-order valence-electron chi connectivity index (χ4n) is 2.42. The first kappa shape index (κ1) is 18.4. The molecule has 7 nitrogen and oxygen atoms in total. The van der Waals surface area contributed by atoms with Gasteiger partial charge in [0.1, 0.15) is 17.5 Å². The molecule has 0 amide bonds. The highest BCUT2D eigenvalue weighted by Crippen LogP contribution is 2.36. The predicted octanol–water partition coefficient (Wildman–Crippen LogP) is 3.57. The number of nitrogens with one attached hydrogen (secondary N) is 4. The molecule has 1 aromatic carbocycles. The van der Waals surface area contributed by atoms with Gasteiger partial charge in [-0.3, -0.25) is 5.10 Å². The van der Waals surface area contributed by atoms with Gasteiger partial charge in [0, 0.05) is 30.6 Å². The number of aryl methyl sites for hydroxylation is 1. The minimum atomic E-state index is -3.57. The van der Waals surface area contributed by atoms with E-state index < -0.39 is 23.1 Å². The molecule has 0 saturated carbocycles. The molecular formula is C17H16F3N7. The summed E-state index contributed by atoms with van der Waals surface area (Å²) in [5.41, 5.74) is 0.501. The van der Waals surface area contributed by atoms with Crippen LogP contribution in [0.3, 0.4) is 0 Å². The van der Waals surface area contributed by atoms with Crippen LogP contribution in [0.25, 0.3) is 0 Å². The van der Waals surface area contributed by atoms with Crippen molar-refractivity contribution >= 4 is 23.7 Å². The largest absolute Gasteiger partial charge is 0.372 e. The van der Waals surface area contributed by atoms with Crippen molar-refractivity contribution in [2.24, 2.45) is 0 Å². The lowest BCUT2D eigenvalue weighted by molar-refractivity contribution is 0.0330. The van der Waals surface area contributed by atoms with Crippen LogP contribution < -0.4 is 10.6 Å². The highest BCUT2D eigenvalue weighted by atomic mass is 19.3. The second-order valence-electron chi connectivity index (χ2n) is 5.69. The van der Waals surface area contributed by atoms with Crippen LogP contribution >= 0.6 is 0 Å². The molecular weight excluding hydrogens is 359 g/mol. The molecule has 10 heteroatoms. The van der Waals surface area contributed by atoms with E-state index in [2.05, 4.69) is 30.8 Å². The quantitative estimate of drug-likeness (QED) is 0.493. The number of hydrogen-bond donors (Lipinski definition) is 4. The maximum absolute atomic E-state index is 14.9. The van der Waals surface area contributed by atoms with Crippen LogP contribution in [-0.2, 0) is 5.92 Å². The maximum Gasteiger partial charge on any atom is 0.331 e. The summed E-state index contributed by atoms with van der Waals surface area (Å²) in [6.45, 7) is 1.78. The van der Waals surface area contributed by atoms with Crippen LogP contribution in [0.4, 0.5) is 30.6 Å². The molecule has 3 aromatic rings. The van der Waals surface area contributed by atoms with Crippen molar-refractivity contribution in [2.45, 2.75) is 12.8 Å². The number of halogens is 3. The molecule has 4 N–H and O–H groups in total. The van der Waals surface area contributed by atoms with Crippen molar-refractivity contribution in [3.8, 4) is 0 Å². The fraction of sp³-hybridized carbons (Fsp3) is 0.176. The maximum atomic E-state index is 14.9. The van der Waals surface area contributed by atoms with Gasteiger partial charge in [-0.15, -0.1) is 0 Å². The minimum Gasteiger partial charge on any atom is -0.372 e. The average molecular weight is 375 g/mol. The van der Waals surface area contributed by atoms with Gasteiger partial charge < -0.3 is 16.0 Å². The molecule has 0 aliphatic heterocycles. The second kappa shape index (κ2) is 7.06. The van der Waals surface area contributed by atoms with Gasteiger partial charge in [0.05, 0.1) is 5.56 Å². The van der Waals surface area contributed by atoms with Gasteiger partial charge in [0.25, 0.3) is 0 Å². The van der Waals surface area contributed by atoms with Gasteiger partial charge in [0.15, 0.2) is 5.82 Å². The van der Waals surface area contributed by atoms with E-state index in [9.17, 15) is 13.2 Å². The van der Waals surface area contributed by atoms with Gasteiger partial charge in [-0.05, 0) is 31.2 Å². The highest BCUT2D eigenvalue weighted by Gasteiger charge is 2.38. The molecule has 140 valence electrons. The van der Waals surface area contributed by atoms with Crippen molar-refractivity contribution in [1.29, 1.82) is 5.41 Å². The Labute approximate surface area is 152 Å². The minimum absolute atomic E-state index is 0.00682. The van der Waals surface area contributed by atoms with E-state index in [1.165, 1.54) is 7.05 Å². The lowest BCUT2D eigenvalue weighted by Crippen LogP contribution is -2.21. The lowest BCUT2D eigenvalue weighted by atomic mass is 10.1. The normalized spacial score (nSPS) is 11.3. The van der Waals surface area contributed by atoms with Crippen molar-refractivity contribution in [3.63, 3.8) is 0 Å². The first-order chi connectivity index (χ1) is 12.8. The first-order valence-electron chi connectivity index (χ1n) is 7.88. The summed E-state index contributed by atoms with van der Waals surface area (Å²) in [4.78, 5) is 7.77. The number of aromatic amines is 1. The zero-order valence-electron chi connectivity index (χ0n) is 14.4. The Bertz CT molecular complexity index is 967. The number of benzene rings is 1. The summed E-state index contributed by atoms with van der Waals surface area (Å²) in [5.74, 6) is -4.59. The Morgan fingerprint density at radius 2 is 1.81 bits per heavy atom. The lowest BCUT2D eigenvalue weighted by Gasteiger charge is -2.19. The Morgan fingerprint density at radius 3 is 2.37 bits per heavy atom. The van der Waals surface area contributed by atoms with E-state index in [1.54, 1.807) is 13.0 Å². The molecule has 3 rings (SSSR count). The third kappa shape index (κ3) is 3.59. The Hall–Kier alpha value is -3.43. The Kier molecular flexibility index (Phi) is 4.80. The van der Waals surface area contributed by atoms with Crippen LogP contribution in [-0.4, -0.2) is 33.4 Å². The van der Waals surface area contributed by atoms with Gasteiger partial charge >= 0.3 is 5.92 Å². The second-order valence-corrected chi connectivity index (χ2v) is 5.69. The summed E-state index contributed by atoms with van der Waals surface area (Å²) < 4.78 is 42.9. The molecule has 0 atom stereocenters. The van der Waals surface area contributed by atoms with E-state index in [0.29, 0.717) is 5.82 Å². The summed E-state index contributed by atoms with van der Waals surface area (Å²) in [6, 6.07) is 5.51. The van der Waals surface area contributed by atoms with Crippen LogP contribution in [0.15, 0.2) is 30.3 Å². The average Bonchev–Trinajstić information content (AvgIpc) is 3.06. The van der Waals surface area contributed by atoms with Gasteiger partial charge in [0.2, 0.25) is 5.82 Å². The topological polar surface area (TPSA) is 102 Å². The molecule has 2 heterocycles. The molecule has 0 radical (unpaired) electrons. The predicted molar refractivity (Wildman–Crippen MR) is 95.5 cm³/mol. The Morgan fingerprint density at radius 1 is 1.15 bits per heavy atom. The summed E-state index contributed by atoms with van der Waals surface area (Å²) >= 11 is 0. The zero-order valence-corrected chi connectivity index (χ0v) is 14.4. The summed E-state index contributed by atoms with van der Waals surface area (Å²) in [6.07, 6.45) is 0.952. The van der Waals surface area contributed by atoms with Gasteiger partial charge in [-0.25, -0.2) is 14.4 Å². The zero-order chi connectivity index (χ0) is 19.6. The number of H-pyrrole nitrogens is 1. The SMILES string of the molecule is CNc1nc(C(F)(F)c2ccc(F)cc2)nc(Nc2cc(C)[nH]n2)c1C=N. The third-order valence-electron chi connectivity index (χ3n) is 3.77. The van der Waals surface area contributed by atoms with Gasteiger partial charge in [-0.2, -0.15) is 13.9 Å². The summed E-state index contributed by atoms with van der Waals surface area (Å²) in [7, 11) is 1.50. The third-order valence-corrected chi connectivity index (χ3v) is 3.77. The van der Waals surface area contributed by atoms with Crippen LogP contribution in [0.1, 0.15) is 22.6 Å². The number of alkyl halides is 2. The standard InChI is InChI=1S/C17H16F3N7/c1-9-7-13(27-26-9)23-15-12(8-21)14(22-2)24-16(25-15)17(19,20)10-3-5-11(18)6-4-10/h3-8,21H,1-2H3,(H3,22,23,24,25,26,27). The van der Waals surface area contributed by atoms with Crippen molar-refractivity contribution in [3.05, 3.63) is 58.8 Å². The molecule has 0 bridgehead atoms. The molecule has 0 saturated heterocycles. The molecule has 0 fully saturated rings. The molecule has 0 aliphatic carbocycles. The van der Waals surface area contributed by atoms with Crippen LogP contribution in [0, 0.1) is 18.2 Å². The number of anilines is 3. The smallest absolute Gasteiger partial charge is 0.331 e. The number of rotatable bonds is 6. The van der Waals surface area contributed by atoms with Crippen molar-refractivity contribution in [1.82, 2.24) is 20.2 Å². The monoisotopic (exact) mass is 375 g/mol. The molecule has 0 unspecified atom stereocenters. The number of aromatic nitrogens is 4. The molecule has 0 spiro atoms. The first-order valence-corrected chi connectivity index (χ1v) is 7.88. The molecule has 2 aromatic heterocycles. The Balaban J connectivity index is 2.11. The van der Waals surface area contributed by atoms with Crippen molar-refractivity contribution in [2.75, 3.05) is 17.7 Å². The molecule has 27 heavy (non-hydrogen) atoms. The van der Waals surface area contributed by atoms with Gasteiger partial charge in [-0.1, -0.05) is 0 Å². The number of nitrogens with zero attached hydrogens (tertiary/aromatic N) is 3. The van der Waals surface area contributed by atoms with Crippen LogP contribution in [0.5, 0.6) is 0 Å². The highest BCUT2D eigenvalue weighted by molar-refractivity contribution is 5.91. The molecule has 0 aliphatic rings. The van der Waals surface area contributed by atoms with E-state index in [0.717, 1.165) is 36.2 Å². The van der Waals surface area contributed by atoms with E-state index >= 15 is 0 Å². The van der Waals surface area contributed by atoms with Crippen molar-refractivity contribution < 1.29 is 13.2 Å². The van der Waals surface area contributed by atoms with E-state index in [-0.39, 0.29) is 17.2 Å². The fourth-order valence-corrected chi connectivity index (χ4v) is 2.42.